The minimum Gasteiger partial charge on any atom is -0.449 e. The number of benzene rings is 5. The lowest BCUT2D eigenvalue weighted by atomic mass is 9.78. The molecule has 1 N–H and O–H groups in total. The van der Waals surface area contributed by atoms with E-state index in [2.05, 4.69) is 0 Å². The summed E-state index contributed by atoms with van der Waals surface area (Å²) in [6, 6.07) is 36.4. The maximum absolute atomic E-state index is 14.7. The van der Waals surface area contributed by atoms with E-state index in [0.717, 1.165) is 47.9 Å². The lowest BCUT2D eigenvalue weighted by Gasteiger charge is -2.36. The van der Waals surface area contributed by atoms with E-state index in [1.807, 2.05) is 84.2 Å². The van der Waals surface area contributed by atoms with Gasteiger partial charge in [0.1, 0.15) is 12.6 Å². The summed E-state index contributed by atoms with van der Waals surface area (Å²) < 4.78 is 55.8. The molecule has 0 heterocycles. The van der Waals surface area contributed by atoms with Crippen LogP contribution in [0.5, 0.6) is 0 Å². The van der Waals surface area contributed by atoms with Gasteiger partial charge in [-0.05, 0) is 52.6 Å². The fourth-order valence-corrected chi connectivity index (χ4v) is 8.88. The number of nitrogens with one attached hydrogen (secondary N) is 1. The number of alkyl halides is 3. The average Bonchev–Trinajstić information content (AvgIpc) is 3.54. The van der Waals surface area contributed by atoms with Gasteiger partial charge in [0, 0.05) is 27.6 Å². The molecular formula is C48H47ClF3NO4. The van der Waals surface area contributed by atoms with Gasteiger partial charge in [-0.15, -0.1) is 0 Å². The van der Waals surface area contributed by atoms with Crippen molar-refractivity contribution >= 4 is 23.7 Å². The van der Waals surface area contributed by atoms with E-state index in [1.165, 1.54) is 37.7 Å². The Hall–Kier alpha value is -5.08. The van der Waals surface area contributed by atoms with Crippen molar-refractivity contribution in [3.05, 3.63) is 166 Å². The van der Waals surface area contributed by atoms with Crippen molar-refractivity contribution in [2.45, 2.75) is 93.9 Å². The molecule has 57 heavy (non-hydrogen) atoms. The molecule has 0 saturated heterocycles. The van der Waals surface area contributed by atoms with Crippen LogP contribution in [-0.4, -0.2) is 30.9 Å². The van der Waals surface area contributed by atoms with E-state index < -0.39 is 36.3 Å². The number of esters is 1. The Labute approximate surface area is 337 Å². The second-order valence-electron chi connectivity index (χ2n) is 15.1. The van der Waals surface area contributed by atoms with Crippen LogP contribution >= 0.6 is 11.6 Å². The molecule has 1 saturated carbocycles. The minimum absolute atomic E-state index is 0.185. The second kappa shape index (κ2) is 18.0. The Morgan fingerprint density at radius 2 is 1.19 bits per heavy atom. The third-order valence-corrected chi connectivity index (χ3v) is 11.8. The van der Waals surface area contributed by atoms with Crippen LogP contribution in [0.15, 0.2) is 127 Å². The molecule has 1 fully saturated rings. The van der Waals surface area contributed by atoms with Gasteiger partial charge in [-0.3, -0.25) is 4.79 Å². The first kappa shape index (κ1) is 40.1. The minimum atomic E-state index is -5.00. The fraction of sp³-hybridized carbons (Fsp3) is 0.333. The molecule has 9 heteroatoms. The molecule has 296 valence electrons. The van der Waals surface area contributed by atoms with E-state index >= 15 is 0 Å². The molecule has 2 aliphatic rings. The third kappa shape index (κ3) is 9.07. The van der Waals surface area contributed by atoms with Crippen molar-refractivity contribution in [3.8, 4) is 11.1 Å². The zero-order chi connectivity index (χ0) is 39.8. The monoisotopic (exact) mass is 793 g/mol. The summed E-state index contributed by atoms with van der Waals surface area (Å²) >= 11 is 6.86. The summed E-state index contributed by atoms with van der Waals surface area (Å²) in [7, 11) is 0. The van der Waals surface area contributed by atoms with Gasteiger partial charge in [-0.1, -0.05) is 178 Å². The van der Waals surface area contributed by atoms with Crippen molar-refractivity contribution in [1.29, 1.82) is 0 Å². The van der Waals surface area contributed by atoms with Gasteiger partial charge in [0.15, 0.2) is 5.60 Å². The van der Waals surface area contributed by atoms with E-state index in [0.29, 0.717) is 22.6 Å². The van der Waals surface area contributed by atoms with Gasteiger partial charge >= 0.3 is 18.2 Å². The zero-order valence-electron chi connectivity index (χ0n) is 31.8. The van der Waals surface area contributed by atoms with Crippen molar-refractivity contribution in [2.24, 2.45) is 0 Å². The largest absolute Gasteiger partial charge is 0.449 e. The molecule has 1 unspecified atom stereocenters. The summed E-state index contributed by atoms with van der Waals surface area (Å²) in [4.78, 5) is 27.2. The quantitative estimate of drug-likeness (QED) is 0.113. The molecule has 0 bridgehead atoms. The van der Waals surface area contributed by atoms with Gasteiger partial charge < -0.3 is 14.8 Å². The molecule has 7 rings (SSSR count). The predicted molar refractivity (Wildman–Crippen MR) is 217 cm³/mol. The van der Waals surface area contributed by atoms with Crippen LogP contribution in [0.25, 0.3) is 11.1 Å². The maximum atomic E-state index is 14.7. The number of amides is 1. The number of halogens is 4. The standard InChI is InChI=1S/C48H47ClF3NO4/c49-43-26-16-15-25-42(43)47(35-19-9-6-10-20-35,36-29-27-34(28-30-36)33-17-7-4-2-1-3-5-8-18-33)57-45(54)31-44(48(50,51)52)53-46(55)56-32-41-39-23-13-11-21-37(39)38-22-12-14-24-40(38)41/h6,9-16,19-30,33,41,44H,1-5,7-8,17-18,31-32H2,(H,53,55)/t44-,47?/m0/s1. The van der Waals surface area contributed by atoms with E-state index in [1.54, 1.807) is 48.5 Å². The molecule has 5 aromatic rings. The van der Waals surface area contributed by atoms with Gasteiger partial charge in [0.05, 0.1) is 6.42 Å². The van der Waals surface area contributed by atoms with Crippen molar-refractivity contribution < 1.29 is 32.2 Å². The van der Waals surface area contributed by atoms with Crippen LogP contribution in [-0.2, 0) is 19.9 Å². The van der Waals surface area contributed by atoms with Crippen molar-refractivity contribution in [2.75, 3.05) is 6.61 Å². The Kier molecular flexibility index (Phi) is 12.7. The van der Waals surface area contributed by atoms with Crippen LogP contribution in [0.4, 0.5) is 18.0 Å². The van der Waals surface area contributed by atoms with Crippen LogP contribution < -0.4 is 5.32 Å². The lowest BCUT2D eigenvalue weighted by molar-refractivity contribution is -0.173. The van der Waals surface area contributed by atoms with Crippen molar-refractivity contribution in [1.82, 2.24) is 5.32 Å². The highest BCUT2D eigenvalue weighted by atomic mass is 35.5. The van der Waals surface area contributed by atoms with Gasteiger partial charge in [-0.2, -0.15) is 13.2 Å². The van der Waals surface area contributed by atoms with Crippen LogP contribution in [0.2, 0.25) is 5.02 Å². The van der Waals surface area contributed by atoms with Gasteiger partial charge in [-0.25, -0.2) is 4.79 Å². The number of carbonyl (C=O) groups excluding carboxylic acids is 2. The van der Waals surface area contributed by atoms with Crippen molar-refractivity contribution in [3.63, 3.8) is 0 Å². The SMILES string of the molecule is O=C(C[C@H](NC(=O)OCC1c2ccccc2-c2ccccc21)C(F)(F)F)OC(c1ccccc1)(c1ccc(C2CCCCCCCCC2)cc1)c1ccccc1Cl. The van der Waals surface area contributed by atoms with Crippen LogP contribution in [0.1, 0.15) is 109 Å². The molecule has 0 radical (unpaired) electrons. The summed E-state index contributed by atoms with van der Waals surface area (Å²) in [5.74, 6) is -1.16. The smallest absolute Gasteiger partial charge is 0.409 e. The molecule has 1 amide bonds. The predicted octanol–water partition coefficient (Wildman–Crippen LogP) is 12.6. The van der Waals surface area contributed by atoms with Gasteiger partial charge in [0.25, 0.3) is 0 Å². The second-order valence-corrected chi connectivity index (χ2v) is 15.5. The molecule has 0 aromatic heterocycles. The summed E-state index contributed by atoms with van der Waals surface area (Å²) in [6.07, 6.45) is 3.21. The number of ether oxygens (including phenoxy) is 2. The average molecular weight is 794 g/mol. The first-order valence-corrected chi connectivity index (χ1v) is 20.3. The normalized spacial score (nSPS) is 16.7. The molecule has 5 aromatic carbocycles. The van der Waals surface area contributed by atoms with Crippen LogP contribution in [0, 0.1) is 0 Å². The molecule has 2 aliphatic carbocycles. The number of hydrogen-bond donors (Lipinski definition) is 1. The number of alkyl carbamates (subject to hydrolysis) is 1. The summed E-state index contributed by atoms with van der Waals surface area (Å²) in [6.45, 7) is -0.185. The highest BCUT2D eigenvalue weighted by Crippen LogP contribution is 2.46. The lowest BCUT2D eigenvalue weighted by Crippen LogP contribution is -2.48. The van der Waals surface area contributed by atoms with E-state index in [-0.39, 0.29) is 17.5 Å². The number of hydrogen-bond acceptors (Lipinski definition) is 4. The first-order valence-electron chi connectivity index (χ1n) is 20.0. The highest BCUT2D eigenvalue weighted by molar-refractivity contribution is 6.31. The maximum Gasteiger partial charge on any atom is 0.409 e. The first-order chi connectivity index (χ1) is 27.6. The molecular weight excluding hydrogens is 747 g/mol. The third-order valence-electron chi connectivity index (χ3n) is 11.5. The highest BCUT2D eigenvalue weighted by Gasteiger charge is 2.47. The number of fused-ring (bicyclic) bond motifs is 3. The topological polar surface area (TPSA) is 64.6 Å². The molecule has 0 spiro atoms. The zero-order valence-corrected chi connectivity index (χ0v) is 32.5. The van der Waals surface area contributed by atoms with Crippen LogP contribution in [0.3, 0.4) is 0 Å². The Bertz CT molecular complexity index is 2080. The fourth-order valence-electron chi connectivity index (χ4n) is 8.61. The van der Waals surface area contributed by atoms with E-state index in [4.69, 9.17) is 21.1 Å². The summed E-state index contributed by atoms with van der Waals surface area (Å²) in [5.41, 5.74) is 4.70. The molecule has 5 nitrogen and oxygen atoms in total. The number of rotatable bonds is 10. The Balaban J connectivity index is 1.15. The van der Waals surface area contributed by atoms with E-state index in [9.17, 15) is 22.8 Å². The Morgan fingerprint density at radius 1 is 0.667 bits per heavy atom. The molecule has 0 aliphatic heterocycles. The molecule has 2 atom stereocenters. The number of carbonyl (C=O) groups is 2. The van der Waals surface area contributed by atoms with Gasteiger partial charge in [0.2, 0.25) is 0 Å². The summed E-state index contributed by atoms with van der Waals surface area (Å²) in [5, 5.41) is 2.20. The Morgan fingerprint density at radius 3 is 1.79 bits per heavy atom.